The SMILES string of the molecule is CC1N(C)N=N[N+]1(c1ccccc1)c1ccccc1.[Br-]. The van der Waals surface area contributed by atoms with E-state index in [0.29, 0.717) is 4.59 Å². The maximum absolute atomic E-state index is 4.56. The van der Waals surface area contributed by atoms with Gasteiger partial charge in [-0.05, 0) is 5.22 Å². The second-order valence-corrected chi connectivity index (χ2v) is 4.74. The van der Waals surface area contributed by atoms with Crippen molar-refractivity contribution < 1.29 is 17.0 Å². The molecular formula is C15H17BrN4. The first-order valence-corrected chi connectivity index (χ1v) is 6.41. The van der Waals surface area contributed by atoms with Crippen LogP contribution in [0.4, 0.5) is 11.4 Å². The summed E-state index contributed by atoms with van der Waals surface area (Å²) in [6.07, 6.45) is 0.129. The molecule has 20 heavy (non-hydrogen) atoms. The Labute approximate surface area is 129 Å². The number of halogens is 1. The van der Waals surface area contributed by atoms with Gasteiger partial charge in [0.25, 0.3) is 0 Å². The molecule has 4 nitrogen and oxygen atoms in total. The van der Waals surface area contributed by atoms with Gasteiger partial charge in [0.2, 0.25) is 6.17 Å². The monoisotopic (exact) mass is 332 g/mol. The molecule has 5 heteroatoms. The molecule has 0 spiro atoms. The minimum atomic E-state index is 0. The average Bonchev–Trinajstić information content (AvgIpc) is 2.78. The first-order valence-electron chi connectivity index (χ1n) is 6.41. The smallest absolute Gasteiger partial charge is 0.213 e. The Hall–Kier alpha value is -1.72. The van der Waals surface area contributed by atoms with Gasteiger partial charge in [-0.1, -0.05) is 41.0 Å². The largest absolute Gasteiger partial charge is 1.00 e. The molecule has 1 unspecified atom stereocenters. The van der Waals surface area contributed by atoms with Gasteiger partial charge in [0, 0.05) is 38.2 Å². The summed E-state index contributed by atoms with van der Waals surface area (Å²) in [5.41, 5.74) is 2.24. The van der Waals surface area contributed by atoms with Crippen LogP contribution in [0.15, 0.2) is 71.1 Å². The first-order chi connectivity index (χ1) is 9.25. The van der Waals surface area contributed by atoms with Crippen molar-refractivity contribution in [1.82, 2.24) is 9.60 Å². The normalized spacial score (nSPS) is 19.7. The van der Waals surface area contributed by atoms with Gasteiger partial charge < -0.3 is 17.0 Å². The highest BCUT2D eigenvalue weighted by Crippen LogP contribution is 2.41. The Kier molecular flexibility index (Phi) is 4.20. The first kappa shape index (κ1) is 14.7. The zero-order valence-electron chi connectivity index (χ0n) is 11.5. The fraction of sp³-hybridized carbons (Fsp3) is 0.200. The summed E-state index contributed by atoms with van der Waals surface area (Å²) in [7, 11) is 1.96. The zero-order valence-corrected chi connectivity index (χ0v) is 13.1. The van der Waals surface area contributed by atoms with E-state index in [0.717, 1.165) is 11.4 Å². The Morgan fingerprint density at radius 3 is 1.70 bits per heavy atom. The van der Waals surface area contributed by atoms with Crippen LogP contribution in [0, 0.1) is 0 Å². The van der Waals surface area contributed by atoms with E-state index >= 15 is 0 Å². The lowest BCUT2D eigenvalue weighted by Gasteiger charge is -2.31. The molecule has 0 bridgehead atoms. The second kappa shape index (κ2) is 5.73. The van der Waals surface area contributed by atoms with E-state index in [1.165, 1.54) is 0 Å². The van der Waals surface area contributed by atoms with Crippen molar-refractivity contribution in [3.63, 3.8) is 0 Å². The summed E-state index contributed by atoms with van der Waals surface area (Å²) in [5.74, 6) is 0. The number of quaternary nitrogens is 1. The second-order valence-electron chi connectivity index (χ2n) is 4.74. The van der Waals surface area contributed by atoms with Crippen LogP contribution in [0.2, 0.25) is 0 Å². The maximum Gasteiger partial charge on any atom is 0.213 e. The van der Waals surface area contributed by atoms with Crippen molar-refractivity contribution in [2.45, 2.75) is 13.1 Å². The van der Waals surface area contributed by atoms with Crippen LogP contribution in [0.25, 0.3) is 0 Å². The van der Waals surface area contributed by atoms with Crippen LogP contribution in [-0.4, -0.2) is 18.2 Å². The van der Waals surface area contributed by atoms with Crippen LogP contribution in [0.3, 0.4) is 0 Å². The van der Waals surface area contributed by atoms with E-state index in [2.05, 4.69) is 41.6 Å². The van der Waals surface area contributed by atoms with Gasteiger partial charge in [-0.25, -0.2) is 5.01 Å². The predicted molar refractivity (Wildman–Crippen MR) is 76.4 cm³/mol. The van der Waals surface area contributed by atoms with Crippen molar-refractivity contribution in [3.05, 3.63) is 60.7 Å². The quantitative estimate of drug-likeness (QED) is 0.751. The standard InChI is InChI=1S/C15H17N4.BrH/c1-13-18(2)16-17-19(13,14-9-5-3-6-10-14)15-11-7-4-8-12-15;/h3-13H,1-2H3;1H/q+1;/p-1. The van der Waals surface area contributed by atoms with Gasteiger partial charge >= 0.3 is 0 Å². The van der Waals surface area contributed by atoms with Crippen LogP contribution in [0.1, 0.15) is 6.92 Å². The van der Waals surface area contributed by atoms with Crippen LogP contribution < -0.4 is 21.6 Å². The molecule has 1 atom stereocenters. The minimum absolute atomic E-state index is 0. The van der Waals surface area contributed by atoms with Gasteiger partial charge in [0.15, 0.2) is 11.4 Å². The highest BCUT2D eigenvalue weighted by atomic mass is 79.9. The fourth-order valence-corrected chi connectivity index (χ4v) is 2.51. The third-order valence-corrected chi connectivity index (χ3v) is 3.70. The summed E-state index contributed by atoms with van der Waals surface area (Å²) in [4.78, 5) is 0. The molecular weight excluding hydrogens is 316 g/mol. The van der Waals surface area contributed by atoms with Crippen molar-refractivity contribution >= 4 is 11.4 Å². The van der Waals surface area contributed by atoms with E-state index in [4.69, 9.17) is 0 Å². The van der Waals surface area contributed by atoms with E-state index in [9.17, 15) is 0 Å². The predicted octanol–water partition coefficient (Wildman–Crippen LogP) is 0.903. The van der Waals surface area contributed by atoms with Crippen LogP contribution in [0.5, 0.6) is 0 Å². The molecule has 0 aliphatic carbocycles. The van der Waals surface area contributed by atoms with E-state index in [1.807, 2.05) is 48.5 Å². The molecule has 0 amide bonds. The third kappa shape index (κ3) is 2.13. The lowest BCUT2D eigenvalue weighted by molar-refractivity contribution is -0.00000394. The molecule has 3 rings (SSSR count). The summed E-state index contributed by atoms with van der Waals surface area (Å²) >= 11 is 0. The van der Waals surface area contributed by atoms with Crippen molar-refractivity contribution in [1.29, 1.82) is 0 Å². The number of nitrogens with zero attached hydrogens (tertiary/aromatic N) is 4. The highest BCUT2D eigenvalue weighted by molar-refractivity contribution is 5.58. The average molecular weight is 333 g/mol. The van der Waals surface area contributed by atoms with Gasteiger partial charge in [-0.15, -0.1) is 0 Å². The summed E-state index contributed by atoms with van der Waals surface area (Å²) < 4.78 is 0.387. The molecule has 2 aromatic carbocycles. The third-order valence-electron chi connectivity index (χ3n) is 3.70. The molecule has 1 aliphatic heterocycles. The van der Waals surface area contributed by atoms with E-state index in [1.54, 1.807) is 0 Å². The number of rotatable bonds is 2. The molecule has 1 heterocycles. The summed E-state index contributed by atoms with van der Waals surface area (Å²) in [6, 6.07) is 20.6. The maximum atomic E-state index is 4.56. The molecule has 1 aliphatic rings. The van der Waals surface area contributed by atoms with Gasteiger partial charge in [0.1, 0.15) is 0 Å². The molecule has 0 fully saturated rings. The number of benzene rings is 2. The number of hydrogen-bond donors (Lipinski definition) is 0. The fourth-order valence-electron chi connectivity index (χ4n) is 2.51. The van der Waals surface area contributed by atoms with Crippen molar-refractivity contribution in [3.8, 4) is 0 Å². The van der Waals surface area contributed by atoms with Crippen molar-refractivity contribution in [2.24, 2.45) is 10.4 Å². The summed E-state index contributed by atoms with van der Waals surface area (Å²) in [5, 5.41) is 10.7. The van der Waals surface area contributed by atoms with E-state index in [-0.39, 0.29) is 23.1 Å². The van der Waals surface area contributed by atoms with E-state index < -0.39 is 0 Å². The molecule has 0 saturated carbocycles. The Morgan fingerprint density at radius 2 is 1.35 bits per heavy atom. The molecule has 0 radical (unpaired) electrons. The molecule has 0 aromatic heterocycles. The summed E-state index contributed by atoms with van der Waals surface area (Å²) in [6.45, 7) is 2.14. The lowest BCUT2D eigenvalue weighted by atomic mass is 10.2. The molecule has 0 N–H and O–H groups in total. The Balaban J connectivity index is 0.00000147. The highest BCUT2D eigenvalue weighted by Gasteiger charge is 2.47. The lowest BCUT2D eigenvalue weighted by Crippen LogP contribution is -3.00. The molecule has 2 aromatic rings. The van der Waals surface area contributed by atoms with Crippen LogP contribution in [-0.2, 0) is 0 Å². The number of para-hydroxylation sites is 2. The topological polar surface area (TPSA) is 28.0 Å². The minimum Gasteiger partial charge on any atom is -1.00 e. The molecule has 0 saturated heterocycles. The van der Waals surface area contributed by atoms with Gasteiger partial charge in [0.05, 0.1) is 5.22 Å². The zero-order chi connectivity index (χ0) is 13.3. The number of hydrogen-bond acceptors (Lipinski definition) is 3. The van der Waals surface area contributed by atoms with Crippen LogP contribution >= 0.6 is 0 Å². The Bertz CT molecular complexity index is 546. The van der Waals surface area contributed by atoms with Crippen molar-refractivity contribution in [2.75, 3.05) is 7.05 Å². The van der Waals surface area contributed by atoms with Gasteiger partial charge in [-0.3, -0.25) is 0 Å². The molecule has 104 valence electrons. The Morgan fingerprint density at radius 1 is 0.900 bits per heavy atom. The van der Waals surface area contributed by atoms with Gasteiger partial charge in [-0.2, -0.15) is 0 Å².